The molecular formula is C24H28N6O2. The molecule has 2 aromatic rings. The summed E-state index contributed by atoms with van der Waals surface area (Å²) in [5.74, 6) is 2.15. The largest absolute Gasteiger partial charge is 0.309 e. The quantitative estimate of drug-likeness (QED) is 0.715. The molecule has 0 unspecified atom stereocenters. The number of aromatic nitrogens is 4. The molecule has 0 aromatic carbocycles. The number of anilines is 2. The summed E-state index contributed by atoms with van der Waals surface area (Å²) in [6, 6.07) is 7.65. The third kappa shape index (κ3) is 3.55. The Bertz CT molecular complexity index is 933. The maximum atomic E-state index is 13.1. The average molecular weight is 433 g/mol. The van der Waals surface area contributed by atoms with Gasteiger partial charge in [0, 0.05) is 22.7 Å². The Morgan fingerprint density at radius 2 is 1.00 bits per heavy atom. The van der Waals surface area contributed by atoms with E-state index in [1.54, 1.807) is 0 Å². The van der Waals surface area contributed by atoms with Crippen molar-refractivity contribution < 1.29 is 9.59 Å². The highest BCUT2D eigenvalue weighted by Crippen LogP contribution is 2.57. The molecule has 0 atom stereocenters. The van der Waals surface area contributed by atoms with Gasteiger partial charge in [-0.2, -0.15) is 10.2 Å². The van der Waals surface area contributed by atoms with Crippen LogP contribution in [0.2, 0.25) is 0 Å². The third-order valence-electron chi connectivity index (χ3n) is 8.05. The smallest absolute Gasteiger partial charge is 0.231 e. The van der Waals surface area contributed by atoms with Gasteiger partial charge in [0.1, 0.15) is 0 Å². The lowest BCUT2D eigenvalue weighted by Crippen LogP contribution is -2.52. The molecule has 5 aliphatic carbocycles. The first kappa shape index (κ1) is 19.8. The van der Waals surface area contributed by atoms with Crippen molar-refractivity contribution in [2.45, 2.75) is 76.0 Å². The molecule has 8 heteroatoms. The van der Waals surface area contributed by atoms with Gasteiger partial charge >= 0.3 is 0 Å². The molecule has 32 heavy (non-hydrogen) atoms. The van der Waals surface area contributed by atoms with Crippen molar-refractivity contribution in [2.24, 2.45) is 10.8 Å². The first-order chi connectivity index (χ1) is 15.6. The van der Waals surface area contributed by atoms with Crippen molar-refractivity contribution in [1.29, 1.82) is 0 Å². The van der Waals surface area contributed by atoms with Crippen LogP contribution in [0.3, 0.4) is 0 Å². The second-order valence-corrected chi connectivity index (χ2v) is 10.2. The molecule has 0 aliphatic heterocycles. The van der Waals surface area contributed by atoms with Crippen LogP contribution in [0.25, 0.3) is 0 Å². The number of rotatable bonds is 6. The Morgan fingerprint density at radius 1 is 0.625 bits per heavy atom. The Balaban J connectivity index is 1.08. The van der Waals surface area contributed by atoms with Gasteiger partial charge in [0.2, 0.25) is 11.8 Å². The summed E-state index contributed by atoms with van der Waals surface area (Å²) in [4.78, 5) is 26.3. The first-order valence-electron chi connectivity index (χ1n) is 11.9. The number of hydrogen-bond acceptors (Lipinski definition) is 6. The predicted molar refractivity (Wildman–Crippen MR) is 118 cm³/mol. The maximum Gasteiger partial charge on any atom is 0.231 e. The molecule has 2 N–H and O–H groups in total. The van der Waals surface area contributed by atoms with E-state index in [2.05, 4.69) is 31.0 Å². The van der Waals surface area contributed by atoms with Crippen LogP contribution in [0.1, 0.15) is 87.4 Å². The lowest BCUT2D eigenvalue weighted by Gasteiger charge is -2.51. The van der Waals surface area contributed by atoms with Crippen LogP contribution in [0.4, 0.5) is 11.6 Å². The van der Waals surface area contributed by atoms with E-state index >= 15 is 0 Å². The number of carbonyl (C=O) groups is 2. The predicted octanol–water partition coefficient (Wildman–Crippen LogP) is 3.94. The van der Waals surface area contributed by atoms with Crippen LogP contribution in [0.15, 0.2) is 24.3 Å². The molecule has 5 saturated carbocycles. The zero-order valence-corrected chi connectivity index (χ0v) is 18.1. The van der Waals surface area contributed by atoms with Crippen molar-refractivity contribution in [3.8, 4) is 0 Å². The molecule has 2 bridgehead atoms. The fourth-order valence-corrected chi connectivity index (χ4v) is 5.38. The second kappa shape index (κ2) is 7.32. The van der Waals surface area contributed by atoms with E-state index in [1.807, 2.05) is 24.3 Å². The number of fused-ring (bicyclic) bond motifs is 3. The van der Waals surface area contributed by atoms with Gasteiger partial charge in [0.25, 0.3) is 0 Å². The van der Waals surface area contributed by atoms with Crippen molar-refractivity contribution in [3.05, 3.63) is 35.7 Å². The highest BCUT2D eigenvalue weighted by atomic mass is 16.2. The molecule has 8 nitrogen and oxygen atoms in total. The van der Waals surface area contributed by atoms with Crippen molar-refractivity contribution in [2.75, 3.05) is 10.6 Å². The summed E-state index contributed by atoms with van der Waals surface area (Å²) >= 11 is 0. The topological polar surface area (TPSA) is 110 Å². The van der Waals surface area contributed by atoms with Gasteiger partial charge in [-0.25, -0.2) is 0 Å². The van der Waals surface area contributed by atoms with Crippen LogP contribution in [-0.2, 0) is 9.59 Å². The Labute approximate surface area is 187 Å². The van der Waals surface area contributed by atoms with E-state index in [0.717, 1.165) is 11.4 Å². The SMILES string of the molecule is O=C(Nc1ccc(C2CC2)nn1)C12CCC(C(=O)Nc3ccc(C4CC4)nn3)(CC1)CC2. The van der Waals surface area contributed by atoms with Crippen LogP contribution in [-0.4, -0.2) is 32.2 Å². The van der Waals surface area contributed by atoms with Crippen LogP contribution >= 0.6 is 0 Å². The Morgan fingerprint density at radius 3 is 1.28 bits per heavy atom. The lowest BCUT2D eigenvalue weighted by molar-refractivity contribution is -0.144. The highest BCUT2D eigenvalue weighted by Gasteiger charge is 2.55. The number of hydrogen-bond donors (Lipinski definition) is 2. The third-order valence-corrected chi connectivity index (χ3v) is 8.05. The van der Waals surface area contributed by atoms with Crippen molar-refractivity contribution in [1.82, 2.24) is 20.4 Å². The Kier molecular flexibility index (Phi) is 4.52. The van der Waals surface area contributed by atoms with E-state index in [1.165, 1.54) is 25.7 Å². The number of carbonyl (C=O) groups excluding carboxylic acids is 2. The average Bonchev–Trinajstić information content (AvgIpc) is 3.74. The standard InChI is InChI=1S/C24H28N6O2/c31-21(25-19-7-5-17(27-29-19)15-1-2-15)23-9-12-24(13-10-23,14-11-23)22(32)26-20-8-6-18(28-30-20)16-3-4-16/h5-8,15-16H,1-4,9-14H2,(H,25,29,31)(H,26,30,32). The second-order valence-electron chi connectivity index (χ2n) is 10.2. The minimum Gasteiger partial charge on any atom is -0.309 e. The Hall–Kier alpha value is -2.90. The minimum atomic E-state index is -0.412. The van der Waals surface area contributed by atoms with Crippen LogP contribution < -0.4 is 10.6 Å². The van der Waals surface area contributed by atoms with Gasteiger partial charge in [-0.3, -0.25) is 9.59 Å². The van der Waals surface area contributed by atoms with Crippen LogP contribution in [0, 0.1) is 10.8 Å². The number of nitrogens with zero attached hydrogens (tertiary/aromatic N) is 4. The van der Waals surface area contributed by atoms with Gasteiger partial charge in [0.05, 0.1) is 11.4 Å². The molecule has 2 aromatic heterocycles. The molecule has 2 heterocycles. The van der Waals surface area contributed by atoms with Crippen molar-refractivity contribution >= 4 is 23.5 Å². The number of amides is 2. The molecule has 0 spiro atoms. The van der Waals surface area contributed by atoms with E-state index in [4.69, 9.17) is 0 Å². The molecule has 7 rings (SSSR count). The zero-order valence-electron chi connectivity index (χ0n) is 18.1. The van der Waals surface area contributed by atoms with E-state index < -0.39 is 10.8 Å². The molecule has 0 radical (unpaired) electrons. The summed E-state index contributed by atoms with van der Waals surface area (Å²) in [7, 11) is 0. The zero-order chi connectivity index (χ0) is 21.8. The summed E-state index contributed by atoms with van der Waals surface area (Å²) in [5, 5.41) is 22.9. The summed E-state index contributed by atoms with van der Waals surface area (Å²) in [5.41, 5.74) is 1.20. The fourth-order valence-electron chi connectivity index (χ4n) is 5.38. The van der Waals surface area contributed by atoms with E-state index in [9.17, 15) is 9.59 Å². The summed E-state index contributed by atoms with van der Waals surface area (Å²) < 4.78 is 0. The van der Waals surface area contributed by atoms with Gasteiger partial charge in [-0.15, -0.1) is 10.2 Å². The van der Waals surface area contributed by atoms with Crippen LogP contribution in [0.5, 0.6) is 0 Å². The van der Waals surface area contributed by atoms with E-state index in [-0.39, 0.29) is 11.8 Å². The first-order valence-corrected chi connectivity index (χ1v) is 11.9. The molecule has 166 valence electrons. The molecular weight excluding hydrogens is 404 g/mol. The molecule has 0 saturated heterocycles. The van der Waals surface area contributed by atoms with E-state index in [0.29, 0.717) is 62.0 Å². The normalized spacial score (nSPS) is 28.9. The lowest BCUT2D eigenvalue weighted by atomic mass is 9.53. The molecule has 5 fully saturated rings. The van der Waals surface area contributed by atoms with Gasteiger partial charge in [0.15, 0.2) is 11.6 Å². The molecule has 5 aliphatic rings. The molecule has 2 amide bonds. The summed E-state index contributed by atoms with van der Waals surface area (Å²) in [6.07, 6.45) is 9.00. The number of nitrogens with one attached hydrogen (secondary N) is 2. The highest BCUT2D eigenvalue weighted by molar-refractivity contribution is 5.97. The minimum absolute atomic E-state index is 0.0150. The fraction of sp³-hybridized carbons (Fsp3) is 0.583. The maximum absolute atomic E-state index is 13.1. The van der Waals surface area contributed by atoms with Crippen molar-refractivity contribution in [3.63, 3.8) is 0 Å². The van der Waals surface area contributed by atoms with Gasteiger partial charge in [-0.05, 0) is 88.5 Å². The monoisotopic (exact) mass is 432 g/mol. The summed E-state index contributed by atoms with van der Waals surface area (Å²) in [6.45, 7) is 0. The van der Waals surface area contributed by atoms with Gasteiger partial charge in [-0.1, -0.05) is 0 Å². The van der Waals surface area contributed by atoms with Gasteiger partial charge < -0.3 is 10.6 Å².